The van der Waals surface area contributed by atoms with Crippen molar-refractivity contribution in [3.05, 3.63) is 58.6 Å². The van der Waals surface area contributed by atoms with Crippen molar-refractivity contribution in [1.82, 2.24) is 9.97 Å². The Hall–Kier alpha value is -1.45. The molecule has 2 aromatic rings. The molecule has 0 aliphatic carbocycles. The molecule has 88 valence electrons. The fourth-order valence-corrected chi connectivity index (χ4v) is 1.86. The minimum absolute atomic E-state index is 0.497. The van der Waals surface area contributed by atoms with Gasteiger partial charge in [-0.25, -0.2) is 9.97 Å². The van der Waals surface area contributed by atoms with Gasteiger partial charge in [-0.3, -0.25) is 0 Å². The van der Waals surface area contributed by atoms with E-state index in [1.165, 1.54) is 0 Å². The van der Waals surface area contributed by atoms with E-state index in [1.54, 1.807) is 19.2 Å². The second kappa shape index (κ2) is 5.25. The first-order chi connectivity index (χ1) is 8.15. The molecule has 1 heterocycles. The summed E-state index contributed by atoms with van der Waals surface area (Å²) >= 11 is 5.89. The summed E-state index contributed by atoms with van der Waals surface area (Å²) in [6.45, 7) is 1.80. The third-order valence-electron chi connectivity index (χ3n) is 2.46. The van der Waals surface area contributed by atoms with Crippen LogP contribution in [0, 0.1) is 6.92 Å². The largest absolute Gasteiger partial charge is 0.386 e. The molecule has 1 unspecified atom stereocenters. The molecule has 0 amide bonds. The fourth-order valence-electron chi connectivity index (χ4n) is 1.65. The van der Waals surface area contributed by atoms with Gasteiger partial charge >= 0.3 is 0 Å². The standard InChI is InChI=1S/C13H13ClN2O/c1-9-15-6-5-12(16-9)13(17)8-10-3-2-4-11(14)7-10/h2-7,13,17H,8H2,1H3. The molecule has 0 bridgehead atoms. The number of hydrogen-bond donors (Lipinski definition) is 1. The van der Waals surface area contributed by atoms with Gasteiger partial charge < -0.3 is 5.11 Å². The van der Waals surface area contributed by atoms with E-state index in [4.69, 9.17) is 11.6 Å². The number of aryl methyl sites for hydroxylation is 1. The van der Waals surface area contributed by atoms with Crippen molar-refractivity contribution >= 4 is 11.6 Å². The monoisotopic (exact) mass is 248 g/mol. The van der Waals surface area contributed by atoms with Gasteiger partial charge in [-0.2, -0.15) is 0 Å². The highest BCUT2D eigenvalue weighted by atomic mass is 35.5. The van der Waals surface area contributed by atoms with Crippen molar-refractivity contribution in [2.24, 2.45) is 0 Å². The van der Waals surface area contributed by atoms with Crippen LogP contribution in [0.3, 0.4) is 0 Å². The van der Waals surface area contributed by atoms with Crippen molar-refractivity contribution in [2.75, 3.05) is 0 Å². The summed E-state index contributed by atoms with van der Waals surface area (Å²) in [5.41, 5.74) is 1.62. The van der Waals surface area contributed by atoms with E-state index >= 15 is 0 Å². The molecule has 1 aromatic heterocycles. The summed E-state index contributed by atoms with van der Waals surface area (Å²) in [6.07, 6.45) is 1.52. The van der Waals surface area contributed by atoms with E-state index in [2.05, 4.69) is 9.97 Å². The smallest absolute Gasteiger partial charge is 0.125 e. The number of rotatable bonds is 3. The summed E-state index contributed by atoms with van der Waals surface area (Å²) in [6, 6.07) is 9.19. The number of aliphatic hydroxyl groups excluding tert-OH is 1. The maximum absolute atomic E-state index is 10.1. The minimum Gasteiger partial charge on any atom is -0.386 e. The van der Waals surface area contributed by atoms with Crippen molar-refractivity contribution in [3.8, 4) is 0 Å². The predicted octanol–water partition coefficient (Wildman–Crippen LogP) is 2.71. The van der Waals surface area contributed by atoms with Gasteiger partial charge in [0.05, 0.1) is 5.69 Å². The number of benzene rings is 1. The van der Waals surface area contributed by atoms with Crippen molar-refractivity contribution in [2.45, 2.75) is 19.4 Å². The SMILES string of the molecule is Cc1nccc(C(O)Cc2cccc(Cl)c2)n1. The van der Waals surface area contributed by atoms with Crippen LogP contribution in [0.25, 0.3) is 0 Å². The number of aromatic nitrogens is 2. The molecule has 0 saturated carbocycles. The molecule has 3 nitrogen and oxygen atoms in total. The Balaban J connectivity index is 2.14. The molecule has 1 aromatic carbocycles. The lowest BCUT2D eigenvalue weighted by molar-refractivity contribution is 0.173. The Labute approximate surface area is 105 Å². The molecule has 0 aliphatic heterocycles. The Morgan fingerprint density at radius 1 is 1.35 bits per heavy atom. The quantitative estimate of drug-likeness (QED) is 0.909. The molecule has 1 N–H and O–H groups in total. The molecular weight excluding hydrogens is 236 g/mol. The lowest BCUT2D eigenvalue weighted by Gasteiger charge is -2.10. The van der Waals surface area contributed by atoms with Crippen LogP contribution >= 0.6 is 11.6 Å². The summed E-state index contributed by atoms with van der Waals surface area (Å²) in [5, 5.41) is 10.7. The fraction of sp³-hybridized carbons (Fsp3) is 0.231. The summed E-state index contributed by atoms with van der Waals surface area (Å²) in [7, 11) is 0. The first-order valence-electron chi connectivity index (χ1n) is 5.37. The molecule has 2 rings (SSSR count). The Bertz CT molecular complexity index is 516. The summed E-state index contributed by atoms with van der Waals surface area (Å²) in [4.78, 5) is 8.20. The summed E-state index contributed by atoms with van der Waals surface area (Å²) < 4.78 is 0. The van der Waals surface area contributed by atoms with E-state index in [-0.39, 0.29) is 0 Å². The highest BCUT2D eigenvalue weighted by Crippen LogP contribution is 2.18. The molecule has 0 aliphatic rings. The first kappa shape index (κ1) is 12.0. The van der Waals surface area contributed by atoms with E-state index in [0.29, 0.717) is 23.0 Å². The van der Waals surface area contributed by atoms with Crippen LogP contribution < -0.4 is 0 Å². The third kappa shape index (κ3) is 3.25. The molecule has 17 heavy (non-hydrogen) atoms. The average Bonchev–Trinajstić information content (AvgIpc) is 2.29. The second-order valence-corrected chi connectivity index (χ2v) is 4.31. The van der Waals surface area contributed by atoms with Gasteiger partial charge in [-0.05, 0) is 30.7 Å². The Morgan fingerprint density at radius 2 is 2.18 bits per heavy atom. The van der Waals surface area contributed by atoms with E-state index < -0.39 is 6.10 Å². The van der Waals surface area contributed by atoms with Gasteiger partial charge in [0, 0.05) is 17.6 Å². The summed E-state index contributed by atoms with van der Waals surface area (Å²) in [5.74, 6) is 0.660. The van der Waals surface area contributed by atoms with Crippen molar-refractivity contribution in [3.63, 3.8) is 0 Å². The average molecular weight is 249 g/mol. The second-order valence-electron chi connectivity index (χ2n) is 3.88. The number of aliphatic hydroxyl groups is 1. The van der Waals surface area contributed by atoms with Gasteiger partial charge in [0.1, 0.15) is 11.9 Å². The van der Waals surface area contributed by atoms with Crippen LogP contribution in [0.1, 0.15) is 23.2 Å². The zero-order valence-electron chi connectivity index (χ0n) is 9.47. The van der Waals surface area contributed by atoms with Gasteiger partial charge in [0.15, 0.2) is 0 Å². The highest BCUT2D eigenvalue weighted by molar-refractivity contribution is 6.30. The van der Waals surface area contributed by atoms with Crippen molar-refractivity contribution in [1.29, 1.82) is 0 Å². The molecule has 1 atom stereocenters. The van der Waals surface area contributed by atoms with Gasteiger partial charge in [-0.15, -0.1) is 0 Å². The first-order valence-corrected chi connectivity index (χ1v) is 5.75. The van der Waals surface area contributed by atoms with Crippen LogP contribution in [-0.2, 0) is 6.42 Å². The van der Waals surface area contributed by atoms with Gasteiger partial charge in [0.25, 0.3) is 0 Å². The number of hydrogen-bond acceptors (Lipinski definition) is 3. The molecule has 0 saturated heterocycles. The van der Waals surface area contributed by atoms with E-state index in [0.717, 1.165) is 5.56 Å². The van der Waals surface area contributed by atoms with Crippen LogP contribution in [0.15, 0.2) is 36.5 Å². The normalized spacial score (nSPS) is 12.4. The van der Waals surface area contributed by atoms with Crippen LogP contribution in [0.2, 0.25) is 5.02 Å². The highest BCUT2D eigenvalue weighted by Gasteiger charge is 2.10. The van der Waals surface area contributed by atoms with E-state index in [9.17, 15) is 5.11 Å². The molecule has 0 fully saturated rings. The van der Waals surface area contributed by atoms with Gasteiger partial charge in [0.2, 0.25) is 0 Å². The Morgan fingerprint density at radius 3 is 2.88 bits per heavy atom. The minimum atomic E-state index is -0.629. The van der Waals surface area contributed by atoms with E-state index in [1.807, 2.05) is 24.3 Å². The predicted molar refractivity (Wildman–Crippen MR) is 66.9 cm³/mol. The van der Waals surface area contributed by atoms with Crippen LogP contribution in [-0.4, -0.2) is 15.1 Å². The van der Waals surface area contributed by atoms with Crippen LogP contribution in [0.4, 0.5) is 0 Å². The zero-order chi connectivity index (χ0) is 12.3. The molecule has 0 radical (unpaired) electrons. The van der Waals surface area contributed by atoms with Crippen LogP contribution in [0.5, 0.6) is 0 Å². The third-order valence-corrected chi connectivity index (χ3v) is 2.69. The zero-order valence-corrected chi connectivity index (χ0v) is 10.2. The Kier molecular flexibility index (Phi) is 3.71. The molecular formula is C13H13ClN2O. The van der Waals surface area contributed by atoms with Gasteiger partial charge in [-0.1, -0.05) is 23.7 Å². The topological polar surface area (TPSA) is 46.0 Å². The maximum atomic E-state index is 10.1. The lowest BCUT2D eigenvalue weighted by atomic mass is 10.1. The molecule has 4 heteroatoms. The lowest BCUT2D eigenvalue weighted by Crippen LogP contribution is -2.05. The molecule has 0 spiro atoms. The number of halogens is 1. The number of nitrogens with zero attached hydrogens (tertiary/aromatic N) is 2. The van der Waals surface area contributed by atoms with Crippen molar-refractivity contribution < 1.29 is 5.11 Å². The maximum Gasteiger partial charge on any atom is 0.125 e.